The highest BCUT2D eigenvalue weighted by Crippen LogP contribution is 2.27. The molecular formula is C18H25N5O3. The molecule has 4 heterocycles. The Labute approximate surface area is 152 Å². The van der Waals surface area contributed by atoms with Crippen molar-refractivity contribution < 1.29 is 13.9 Å². The van der Waals surface area contributed by atoms with Crippen molar-refractivity contribution in [2.75, 3.05) is 50.6 Å². The van der Waals surface area contributed by atoms with Gasteiger partial charge in [-0.25, -0.2) is 0 Å². The fourth-order valence-corrected chi connectivity index (χ4v) is 3.78. The summed E-state index contributed by atoms with van der Waals surface area (Å²) in [5, 5.41) is 0. The Hall–Kier alpha value is -2.32. The van der Waals surface area contributed by atoms with Crippen molar-refractivity contribution in [1.29, 1.82) is 0 Å². The number of ether oxygens (including phenoxy) is 2. The highest BCUT2D eigenvalue weighted by molar-refractivity contribution is 5.46. The normalized spacial score (nSPS) is 23.7. The molecule has 4 rings (SSSR count). The van der Waals surface area contributed by atoms with Gasteiger partial charge in [-0.1, -0.05) is 0 Å². The number of hydrogen-bond donors (Lipinski definition) is 1. The van der Waals surface area contributed by atoms with E-state index < -0.39 is 0 Å². The third-order valence-electron chi connectivity index (χ3n) is 4.98. The first-order valence-corrected chi connectivity index (χ1v) is 8.91. The first-order valence-electron chi connectivity index (χ1n) is 8.91. The summed E-state index contributed by atoms with van der Waals surface area (Å²) < 4.78 is 16.9. The van der Waals surface area contributed by atoms with E-state index >= 15 is 0 Å². The van der Waals surface area contributed by atoms with E-state index in [0.29, 0.717) is 18.4 Å². The standard InChI is InChI=1S/C18H25N5O3/c1-12-3-4-15(26-12)9-22-6-13-7-23(8-14(22)11-25-10-13)16-5-17(24-2)21-18(19)20-16/h3-5,13-14H,6-11H2,1-2H3,(H2,19,20,21)/t13-,14+/m1/s1. The smallest absolute Gasteiger partial charge is 0.225 e. The molecule has 8 nitrogen and oxygen atoms in total. The van der Waals surface area contributed by atoms with Crippen molar-refractivity contribution in [3.8, 4) is 5.88 Å². The first kappa shape index (κ1) is 17.1. The highest BCUT2D eigenvalue weighted by atomic mass is 16.5. The second-order valence-corrected chi connectivity index (χ2v) is 7.03. The quantitative estimate of drug-likeness (QED) is 0.874. The van der Waals surface area contributed by atoms with Crippen molar-refractivity contribution in [2.24, 2.45) is 5.92 Å². The molecule has 0 unspecified atom stereocenters. The molecule has 2 atom stereocenters. The van der Waals surface area contributed by atoms with E-state index in [9.17, 15) is 0 Å². The number of nitrogen functional groups attached to an aromatic ring is 1. The minimum absolute atomic E-state index is 0.230. The van der Waals surface area contributed by atoms with Gasteiger partial charge in [0.25, 0.3) is 0 Å². The topological polar surface area (TPSA) is 89.9 Å². The summed E-state index contributed by atoms with van der Waals surface area (Å²) in [6.45, 7) is 6.87. The number of nitrogens with zero attached hydrogens (tertiary/aromatic N) is 4. The molecule has 2 bridgehead atoms. The molecule has 2 aromatic heterocycles. The van der Waals surface area contributed by atoms with Crippen LogP contribution in [0.15, 0.2) is 22.6 Å². The van der Waals surface area contributed by atoms with Crippen LogP contribution in [0, 0.1) is 12.8 Å². The van der Waals surface area contributed by atoms with Gasteiger partial charge in [-0.2, -0.15) is 9.97 Å². The fourth-order valence-electron chi connectivity index (χ4n) is 3.78. The van der Waals surface area contributed by atoms with Crippen LogP contribution in [-0.2, 0) is 11.3 Å². The second-order valence-electron chi connectivity index (χ2n) is 7.03. The molecule has 8 heteroatoms. The summed E-state index contributed by atoms with van der Waals surface area (Å²) >= 11 is 0. The Morgan fingerprint density at radius 2 is 2.12 bits per heavy atom. The highest BCUT2D eigenvalue weighted by Gasteiger charge is 2.34. The number of methoxy groups -OCH3 is 1. The second kappa shape index (κ2) is 7.13. The van der Waals surface area contributed by atoms with E-state index in [1.165, 1.54) is 0 Å². The zero-order valence-electron chi connectivity index (χ0n) is 15.2. The van der Waals surface area contributed by atoms with Crippen LogP contribution in [0.4, 0.5) is 11.8 Å². The van der Waals surface area contributed by atoms with Gasteiger partial charge in [-0.3, -0.25) is 4.90 Å². The largest absolute Gasteiger partial charge is 0.481 e. The molecular weight excluding hydrogens is 334 g/mol. The number of fused-ring (bicyclic) bond motifs is 3. The lowest BCUT2D eigenvalue weighted by Crippen LogP contribution is -2.43. The summed E-state index contributed by atoms with van der Waals surface area (Å²) in [4.78, 5) is 13.2. The monoisotopic (exact) mass is 359 g/mol. The number of furan rings is 1. The van der Waals surface area contributed by atoms with Crippen LogP contribution < -0.4 is 15.4 Å². The molecule has 0 saturated carbocycles. The van der Waals surface area contributed by atoms with Gasteiger partial charge in [-0.05, 0) is 19.1 Å². The van der Waals surface area contributed by atoms with E-state index in [4.69, 9.17) is 19.6 Å². The SMILES string of the molecule is COc1cc(N2C[C@@H]3COC[C@H](C2)N(Cc2ccc(C)o2)C3)nc(N)n1. The lowest BCUT2D eigenvalue weighted by molar-refractivity contribution is 0.0855. The number of anilines is 2. The average molecular weight is 359 g/mol. The Bertz CT molecular complexity index is 765. The van der Waals surface area contributed by atoms with E-state index in [1.807, 2.05) is 19.1 Å². The summed E-state index contributed by atoms with van der Waals surface area (Å²) in [6.07, 6.45) is 0. The zero-order valence-corrected chi connectivity index (χ0v) is 15.2. The Kier molecular flexibility index (Phi) is 4.69. The molecule has 140 valence electrons. The predicted octanol–water partition coefficient (Wildman–Crippen LogP) is 1.31. The van der Waals surface area contributed by atoms with E-state index in [-0.39, 0.29) is 12.0 Å². The van der Waals surface area contributed by atoms with Crippen LogP contribution in [0.25, 0.3) is 0 Å². The van der Waals surface area contributed by atoms with Crippen molar-refractivity contribution in [2.45, 2.75) is 19.5 Å². The molecule has 2 N–H and O–H groups in total. The number of aryl methyl sites for hydroxylation is 1. The maximum atomic E-state index is 5.91. The van der Waals surface area contributed by atoms with Gasteiger partial charge in [0.1, 0.15) is 17.3 Å². The summed E-state index contributed by atoms with van der Waals surface area (Å²) in [5.74, 6) is 3.85. The van der Waals surface area contributed by atoms with Gasteiger partial charge in [0.05, 0.1) is 32.9 Å². The Morgan fingerprint density at radius 3 is 2.88 bits per heavy atom. The van der Waals surface area contributed by atoms with Gasteiger partial charge in [-0.15, -0.1) is 0 Å². The van der Waals surface area contributed by atoms with Gasteiger partial charge < -0.3 is 24.5 Å². The molecule has 2 saturated heterocycles. The molecule has 0 aromatic carbocycles. The van der Waals surface area contributed by atoms with E-state index in [1.54, 1.807) is 7.11 Å². The number of hydrogen-bond acceptors (Lipinski definition) is 8. The van der Waals surface area contributed by atoms with Crippen LogP contribution in [0.2, 0.25) is 0 Å². The van der Waals surface area contributed by atoms with Gasteiger partial charge in [0, 0.05) is 31.6 Å². The molecule has 0 radical (unpaired) electrons. The number of aromatic nitrogens is 2. The number of nitrogens with two attached hydrogens (primary N) is 1. The molecule has 26 heavy (non-hydrogen) atoms. The van der Waals surface area contributed by atoms with Crippen LogP contribution in [0.1, 0.15) is 11.5 Å². The number of rotatable bonds is 4. The minimum Gasteiger partial charge on any atom is -0.481 e. The summed E-state index contributed by atoms with van der Waals surface area (Å²) in [6, 6.07) is 6.17. The fraction of sp³-hybridized carbons (Fsp3) is 0.556. The van der Waals surface area contributed by atoms with Crippen molar-refractivity contribution in [3.63, 3.8) is 0 Å². The molecule has 2 aliphatic rings. The Balaban J connectivity index is 1.57. The molecule has 2 aromatic rings. The minimum atomic E-state index is 0.230. The summed E-state index contributed by atoms with van der Waals surface area (Å²) in [5.41, 5.74) is 5.85. The molecule has 0 spiro atoms. The molecule has 0 amide bonds. The van der Waals surface area contributed by atoms with E-state index in [2.05, 4.69) is 25.8 Å². The van der Waals surface area contributed by atoms with Crippen LogP contribution in [-0.4, -0.2) is 60.9 Å². The van der Waals surface area contributed by atoms with Gasteiger partial charge in [0.2, 0.25) is 11.8 Å². The first-order chi connectivity index (χ1) is 12.6. The molecule has 0 aliphatic carbocycles. The zero-order chi connectivity index (χ0) is 18.1. The maximum absolute atomic E-state index is 5.91. The van der Waals surface area contributed by atoms with Crippen molar-refractivity contribution in [1.82, 2.24) is 14.9 Å². The maximum Gasteiger partial charge on any atom is 0.225 e. The molecule has 2 aliphatic heterocycles. The summed E-state index contributed by atoms with van der Waals surface area (Å²) in [7, 11) is 1.59. The Morgan fingerprint density at radius 1 is 1.23 bits per heavy atom. The van der Waals surface area contributed by atoms with Gasteiger partial charge in [0.15, 0.2) is 0 Å². The molecule has 2 fully saturated rings. The lowest BCUT2D eigenvalue weighted by atomic mass is 10.1. The average Bonchev–Trinajstić information content (AvgIpc) is 2.81. The van der Waals surface area contributed by atoms with Crippen LogP contribution in [0.3, 0.4) is 0 Å². The van der Waals surface area contributed by atoms with Crippen molar-refractivity contribution >= 4 is 11.8 Å². The van der Waals surface area contributed by atoms with Crippen LogP contribution >= 0.6 is 0 Å². The predicted molar refractivity (Wildman–Crippen MR) is 97.2 cm³/mol. The third kappa shape index (κ3) is 3.61. The van der Waals surface area contributed by atoms with Gasteiger partial charge >= 0.3 is 0 Å². The third-order valence-corrected chi connectivity index (χ3v) is 4.98. The van der Waals surface area contributed by atoms with E-state index in [0.717, 1.165) is 50.1 Å². The lowest BCUT2D eigenvalue weighted by Gasteiger charge is -2.31. The van der Waals surface area contributed by atoms with Crippen LogP contribution in [0.5, 0.6) is 5.88 Å². The van der Waals surface area contributed by atoms with Crippen molar-refractivity contribution in [3.05, 3.63) is 29.7 Å².